The summed E-state index contributed by atoms with van der Waals surface area (Å²) in [6.45, 7) is 3.76. The molecule has 5 heteroatoms. The lowest BCUT2D eigenvalue weighted by Gasteiger charge is -2.11. The second-order valence-electron chi connectivity index (χ2n) is 4.01. The number of halogens is 1. The van der Waals surface area contributed by atoms with Crippen LogP contribution in [0.1, 0.15) is 12.5 Å². The fraction of sp³-hybridized carbons (Fsp3) is 0.455. The van der Waals surface area contributed by atoms with E-state index in [1.807, 2.05) is 19.1 Å². The van der Waals surface area contributed by atoms with E-state index in [9.17, 15) is 8.42 Å². The highest BCUT2D eigenvalue weighted by Crippen LogP contribution is 2.12. The Bertz CT molecular complexity index is 428. The van der Waals surface area contributed by atoms with Gasteiger partial charge in [-0.15, -0.1) is 11.6 Å². The van der Waals surface area contributed by atoms with Crippen LogP contribution < -0.4 is 4.72 Å². The molecule has 0 saturated carbocycles. The summed E-state index contributed by atoms with van der Waals surface area (Å²) in [4.78, 5) is 0. The van der Waals surface area contributed by atoms with Gasteiger partial charge < -0.3 is 0 Å². The summed E-state index contributed by atoms with van der Waals surface area (Å²) >= 11 is 5.59. The normalized spacial score (nSPS) is 13.4. The van der Waals surface area contributed by atoms with E-state index < -0.39 is 10.0 Å². The number of hydrogen-bond acceptors (Lipinski definition) is 2. The number of sulfonamides is 1. The van der Waals surface area contributed by atoms with Crippen LogP contribution in [0.4, 0.5) is 5.69 Å². The highest BCUT2D eigenvalue weighted by molar-refractivity contribution is 7.92. The van der Waals surface area contributed by atoms with Crippen molar-refractivity contribution in [3.05, 3.63) is 29.8 Å². The van der Waals surface area contributed by atoms with Gasteiger partial charge in [-0.05, 0) is 25.0 Å². The molecular weight excluding hydrogens is 246 g/mol. The molecule has 0 radical (unpaired) electrons. The Balaban J connectivity index is 2.69. The average molecular weight is 262 g/mol. The van der Waals surface area contributed by atoms with Crippen LogP contribution in [0.5, 0.6) is 0 Å². The topological polar surface area (TPSA) is 46.2 Å². The summed E-state index contributed by atoms with van der Waals surface area (Å²) in [6, 6.07) is 7.22. The smallest absolute Gasteiger partial charge is 0.233 e. The number of nitrogens with one attached hydrogen (secondary N) is 1. The van der Waals surface area contributed by atoms with Crippen molar-refractivity contribution >= 4 is 27.3 Å². The summed E-state index contributed by atoms with van der Waals surface area (Å²) in [5, 5.41) is 0. The van der Waals surface area contributed by atoms with Gasteiger partial charge in [0.25, 0.3) is 0 Å². The van der Waals surface area contributed by atoms with E-state index in [0.717, 1.165) is 5.56 Å². The summed E-state index contributed by atoms with van der Waals surface area (Å²) in [5.74, 6) is 0.337. The van der Waals surface area contributed by atoms with Gasteiger partial charge in [0.05, 0.1) is 5.75 Å². The molecule has 1 N–H and O–H groups in total. The van der Waals surface area contributed by atoms with Crippen LogP contribution in [0.2, 0.25) is 0 Å². The molecule has 0 aromatic heterocycles. The summed E-state index contributed by atoms with van der Waals surface area (Å²) in [6.07, 6.45) is 0. The molecule has 0 fully saturated rings. The lowest BCUT2D eigenvalue weighted by Crippen LogP contribution is -2.22. The molecule has 1 atom stereocenters. The highest BCUT2D eigenvalue weighted by Gasteiger charge is 2.14. The molecule has 0 spiro atoms. The average Bonchev–Trinajstić information content (AvgIpc) is 2.20. The fourth-order valence-corrected chi connectivity index (χ4v) is 2.95. The minimum absolute atomic E-state index is 0.0460. The third kappa shape index (κ3) is 4.41. The van der Waals surface area contributed by atoms with Gasteiger partial charge >= 0.3 is 0 Å². The maximum Gasteiger partial charge on any atom is 0.233 e. The summed E-state index contributed by atoms with van der Waals surface area (Å²) in [7, 11) is -3.29. The zero-order valence-electron chi connectivity index (χ0n) is 9.40. The molecule has 16 heavy (non-hydrogen) atoms. The second-order valence-corrected chi connectivity index (χ2v) is 6.08. The Morgan fingerprint density at radius 2 is 1.88 bits per heavy atom. The lowest BCUT2D eigenvalue weighted by atomic mass is 10.2. The van der Waals surface area contributed by atoms with Gasteiger partial charge in [-0.2, -0.15) is 0 Å². The Morgan fingerprint density at radius 3 is 2.38 bits per heavy atom. The minimum atomic E-state index is -3.29. The molecule has 0 aliphatic rings. The van der Waals surface area contributed by atoms with Crippen LogP contribution in [0.15, 0.2) is 24.3 Å². The van der Waals surface area contributed by atoms with Crippen LogP contribution in [0.3, 0.4) is 0 Å². The Labute approximate surface area is 102 Å². The Morgan fingerprint density at radius 1 is 1.31 bits per heavy atom. The van der Waals surface area contributed by atoms with E-state index in [1.54, 1.807) is 19.1 Å². The van der Waals surface area contributed by atoms with Gasteiger partial charge in [0.2, 0.25) is 10.0 Å². The standard InChI is InChI=1S/C11H16ClNO2S/c1-9-3-5-11(6-4-9)13-16(14,15)8-10(2)7-12/h3-6,10,13H,7-8H2,1-2H3. The summed E-state index contributed by atoms with van der Waals surface area (Å²) in [5.41, 5.74) is 1.68. The maximum absolute atomic E-state index is 11.7. The largest absolute Gasteiger partial charge is 0.284 e. The minimum Gasteiger partial charge on any atom is -0.284 e. The predicted octanol–water partition coefficient (Wildman–Crippen LogP) is 2.61. The molecule has 0 amide bonds. The van der Waals surface area contributed by atoms with Gasteiger partial charge in [0, 0.05) is 11.6 Å². The number of alkyl halides is 1. The first-order valence-corrected chi connectivity index (χ1v) is 7.25. The van der Waals surface area contributed by atoms with Gasteiger partial charge in [-0.1, -0.05) is 24.6 Å². The van der Waals surface area contributed by atoms with Gasteiger partial charge in [0.15, 0.2) is 0 Å². The monoisotopic (exact) mass is 261 g/mol. The molecule has 1 aromatic carbocycles. The van der Waals surface area contributed by atoms with Crippen LogP contribution in [0.25, 0.3) is 0 Å². The zero-order valence-corrected chi connectivity index (χ0v) is 11.0. The molecule has 1 aromatic rings. The number of rotatable bonds is 5. The number of benzene rings is 1. The molecule has 90 valence electrons. The van der Waals surface area contributed by atoms with E-state index in [4.69, 9.17) is 11.6 Å². The van der Waals surface area contributed by atoms with E-state index in [0.29, 0.717) is 11.6 Å². The number of aryl methyl sites for hydroxylation is 1. The fourth-order valence-electron chi connectivity index (χ4n) is 1.26. The Kier molecular flexibility index (Phi) is 4.62. The Hall–Kier alpha value is -0.740. The molecule has 0 saturated heterocycles. The molecule has 1 unspecified atom stereocenters. The molecule has 0 heterocycles. The van der Waals surface area contributed by atoms with Crippen molar-refractivity contribution in [3.63, 3.8) is 0 Å². The number of hydrogen-bond donors (Lipinski definition) is 1. The van der Waals surface area contributed by atoms with Crippen molar-refractivity contribution in [2.45, 2.75) is 13.8 Å². The van der Waals surface area contributed by atoms with Crippen molar-refractivity contribution in [1.82, 2.24) is 0 Å². The van der Waals surface area contributed by atoms with Crippen molar-refractivity contribution < 1.29 is 8.42 Å². The SMILES string of the molecule is Cc1ccc(NS(=O)(=O)CC(C)CCl)cc1. The molecular formula is C11H16ClNO2S. The lowest BCUT2D eigenvalue weighted by molar-refractivity contribution is 0.588. The zero-order chi connectivity index (χ0) is 12.2. The van der Waals surface area contributed by atoms with Crippen molar-refractivity contribution in [2.75, 3.05) is 16.4 Å². The molecule has 1 rings (SSSR count). The van der Waals surface area contributed by atoms with Crippen molar-refractivity contribution in [1.29, 1.82) is 0 Å². The van der Waals surface area contributed by atoms with Crippen molar-refractivity contribution in [3.8, 4) is 0 Å². The van der Waals surface area contributed by atoms with Crippen molar-refractivity contribution in [2.24, 2.45) is 5.92 Å². The second kappa shape index (κ2) is 5.55. The molecule has 0 aliphatic carbocycles. The van der Waals surface area contributed by atoms with Crippen LogP contribution in [-0.4, -0.2) is 20.1 Å². The third-order valence-electron chi connectivity index (χ3n) is 2.09. The summed E-state index contributed by atoms with van der Waals surface area (Å²) < 4.78 is 25.9. The first kappa shape index (κ1) is 13.3. The number of anilines is 1. The quantitative estimate of drug-likeness (QED) is 0.829. The van der Waals surface area contributed by atoms with Crippen LogP contribution in [0, 0.1) is 12.8 Å². The van der Waals surface area contributed by atoms with E-state index in [-0.39, 0.29) is 11.7 Å². The van der Waals surface area contributed by atoms with Crippen LogP contribution >= 0.6 is 11.6 Å². The van der Waals surface area contributed by atoms with Gasteiger partial charge in [0.1, 0.15) is 0 Å². The van der Waals surface area contributed by atoms with Gasteiger partial charge in [-0.3, -0.25) is 4.72 Å². The first-order chi connectivity index (χ1) is 7.43. The maximum atomic E-state index is 11.7. The third-order valence-corrected chi connectivity index (χ3v) is 4.17. The molecule has 0 aliphatic heterocycles. The molecule has 0 bridgehead atoms. The first-order valence-electron chi connectivity index (χ1n) is 5.06. The van der Waals surface area contributed by atoms with E-state index >= 15 is 0 Å². The predicted molar refractivity (Wildman–Crippen MR) is 68.5 cm³/mol. The van der Waals surface area contributed by atoms with E-state index in [2.05, 4.69) is 4.72 Å². The molecule has 3 nitrogen and oxygen atoms in total. The highest BCUT2D eigenvalue weighted by atomic mass is 35.5. The van der Waals surface area contributed by atoms with Crippen LogP contribution in [-0.2, 0) is 10.0 Å². The van der Waals surface area contributed by atoms with E-state index in [1.165, 1.54) is 0 Å². The van der Waals surface area contributed by atoms with Gasteiger partial charge in [-0.25, -0.2) is 8.42 Å².